The molecule has 1 aliphatic carbocycles. The van der Waals surface area contributed by atoms with Gasteiger partial charge in [-0.2, -0.15) is 0 Å². The third-order valence-electron chi connectivity index (χ3n) is 3.77. The first-order chi connectivity index (χ1) is 10.9. The van der Waals surface area contributed by atoms with E-state index in [1.807, 2.05) is 0 Å². The first-order valence-corrected chi connectivity index (χ1v) is 10.2. The van der Waals surface area contributed by atoms with Gasteiger partial charge in [0.25, 0.3) is 0 Å². The number of esters is 1. The highest BCUT2D eigenvalue weighted by Crippen LogP contribution is 2.36. The predicted octanol–water partition coefficient (Wildman–Crippen LogP) is 3.16. The van der Waals surface area contributed by atoms with Gasteiger partial charge in [-0.05, 0) is 37.8 Å². The Kier molecular flexibility index (Phi) is 4.54. The van der Waals surface area contributed by atoms with Gasteiger partial charge in [-0.3, -0.25) is 4.72 Å². The van der Waals surface area contributed by atoms with Crippen molar-refractivity contribution < 1.29 is 17.9 Å². The maximum atomic E-state index is 12.5. The number of nitrogens with zero attached hydrogens (tertiary/aromatic N) is 1. The van der Waals surface area contributed by atoms with Crippen molar-refractivity contribution in [1.29, 1.82) is 0 Å². The molecular weight excluding hydrogens is 336 g/mol. The lowest BCUT2D eigenvalue weighted by Gasteiger charge is -2.21. The molecule has 0 aromatic carbocycles. The van der Waals surface area contributed by atoms with Gasteiger partial charge in [-0.25, -0.2) is 18.2 Å². The van der Waals surface area contributed by atoms with E-state index in [2.05, 4.69) is 9.71 Å². The van der Waals surface area contributed by atoms with Crippen molar-refractivity contribution in [2.24, 2.45) is 0 Å². The van der Waals surface area contributed by atoms with E-state index in [0.717, 1.165) is 43.3 Å². The summed E-state index contributed by atoms with van der Waals surface area (Å²) in [5, 5.41) is 0.610. The van der Waals surface area contributed by atoms with Crippen molar-refractivity contribution >= 4 is 43.2 Å². The molecule has 1 N–H and O–H groups in total. The molecule has 0 radical (unpaired) electrons. The lowest BCUT2D eigenvalue weighted by atomic mass is 9.98. The summed E-state index contributed by atoms with van der Waals surface area (Å²) in [6.45, 7) is 0. The summed E-state index contributed by atoms with van der Waals surface area (Å²) >= 11 is 1.15. The molecule has 2 aromatic heterocycles. The summed E-state index contributed by atoms with van der Waals surface area (Å²) in [5.41, 5.74) is 0.265. The van der Waals surface area contributed by atoms with Crippen LogP contribution in [0.3, 0.4) is 0 Å². The minimum Gasteiger partial charge on any atom is -0.458 e. The Morgan fingerprint density at radius 1 is 1.35 bits per heavy atom. The molecule has 0 saturated heterocycles. The molecule has 8 heteroatoms. The Balaban J connectivity index is 1.95. The van der Waals surface area contributed by atoms with Gasteiger partial charge in [0.05, 0.1) is 11.9 Å². The number of nitrogens with one attached hydrogen (secondary N) is 1. The van der Waals surface area contributed by atoms with E-state index in [-0.39, 0.29) is 16.7 Å². The number of rotatable bonds is 4. The van der Waals surface area contributed by atoms with Crippen LogP contribution in [0, 0.1) is 0 Å². The van der Waals surface area contributed by atoms with Crippen LogP contribution in [0.2, 0.25) is 0 Å². The van der Waals surface area contributed by atoms with Gasteiger partial charge >= 0.3 is 5.97 Å². The highest BCUT2D eigenvalue weighted by Gasteiger charge is 2.25. The Morgan fingerprint density at radius 2 is 2.09 bits per heavy atom. The number of carbonyl (C=O) groups is 1. The molecule has 0 atom stereocenters. The fourth-order valence-corrected chi connectivity index (χ4v) is 4.38. The lowest BCUT2D eigenvalue weighted by Crippen LogP contribution is -2.21. The molecule has 0 unspecified atom stereocenters. The van der Waals surface area contributed by atoms with Gasteiger partial charge in [0, 0.05) is 11.6 Å². The topological polar surface area (TPSA) is 85.4 Å². The molecule has 2 heterocycles. The van der Waals surface area contributed by atoms with E-state index >= 15 is 0 Å². The predicted molar refractivity (Wildman–Crippen MR) is 90.4 cm³/mol. The number of anilines is 1. The Hall–Kier alpha value is -1.67. The van der Waals surface area contributed by atoms with Gasteiger partial charge < -0.3 is 4.74 Å². The van der Waals surface area contributed by atoms with Gasteiger partial charge in [-0.1, -0.05) is 6.42 Å². The van der Waals surface area contributed by atoms with Crippen molar-refractivity contribution in [3.63, 3.8) is 0 Å². The van der Waals surface area contributed by atoms with E-state index in [1.165, 1.54) is 6.42 Å². The number of ether oxygens (including phenoxy) is 1. The zero-order chi connectivity index (χ0) is 16.4. The Morgan fingerprint density at radius 3 is 2.78 bits per heavy atom. The van der Waals surface area contributed by atoms with Gasteiger partial charge in [0.2, 0.25) is 10.0 Å². The van der Waals surface area contributed by atoms with Crippen LogP contribution in [0.5, 0.6) is 0 Å². The smallest absolute Gasteiger partial charge is 0.350 e. The summed E-state index contributed by atoms with van der Waals surface area (Å²) in [6, 6.07) is 3.45. The summed E-state index contributed by atoms with van der Waals surface area (Å²) in [6.07, 6.45) is 7.60. The molecule has 1 fully saturated rings. The van der Waals surface area contributed by atoms with E-state index < -0.39 is 16.0 Å². The van der Waals surface area contributed by atoms with Crippen LogP contribution < -0.4 is 4.72 Å². The number of pyridine rings is 1. The monoisotopic (exact) mass is 354 g/mol. The molecule has 3 rings (SSSR count). The van der Waals surface area contributed by atoms with Crippen molar-refractivity contribution in [2.45, 2.75) is 38.2 Å². The third kappa shape index (κ3) is 3.81. The summed E-state index contributed by atoms with van der Waals surface area (Å²) in [7, 11) is -3.51. The number of hydrogen-bond acceptors (Lipinski definition) is 6. The molecule has 124 valence electrons. The molecular formula is C15H18N2O4S2. The maximum Gasteiger partial charge on any atom is 0.350 e. The summed E-state index contributed by atoms with van der Waals surface area (Å²) in [5.74, 6) is -0.481. The first-order valence-electron chi connectivity index (χ1n) is 7.50. The fourth-order valence-electron chi connectivity index (χ4n) is 2.75. The average Bonchev–Trinajstić information content (AvgIpc) is 2.85. The number of fused-ring (bicyclic) bond motifs is 1. The van der Waals surface area contributed by atoms with E-state index in [4.69, 9.17) is 4.74 Å². The average molecular weight is 354 g/mol. The normalized spacial score (nSPS) is 16.4. The van der Waals surface area contributed by atoms with E-state index in [0.29, 0.717) is 10.2 Å². The van der Waals surface area contributed by atoms with Crippen molar-refractivity contribution in [3.8, 4) is 0 Å². The van der Waals surface area contributed by atoms with Crippen LogP contribution >= 0.6 is 11.3 Å². The minimum atomic E-state index is -3.51. The fraction of sp³-hybridized carbons (Fsp3) is 0.467. The molecule has 6 nitrogen and oxygen atoms in total. The minimum absolute atomic E-state index is 0.0829. The third-order valence-corrected chi connectivity index (χ3v) is 5.43. The van der Waals surface area contributed by atoms with Crippen LogP contribution in [0.25, 0.3) is 10.2 Å². The van der Waals surface area contributed by atoms with Crippen LogP contribution in [-0.4, -0.2) is 31.7 Å². The highest BCUT2D eigenvalue weighted by atomic mass is 32.2. The molecule has 23 heavy (non-hydrogen) atoms. The number of hydrogen-bond donors (Lipinski definition) is 1. The van der Waals surface area contributed by atoms with Gasteiger partial charge in [0.1, 0.15) is 15.8 Å². The SMILES string of the molecule is CS(=O)(=O)Nc1c(C(=O)OC2CCCCC2)sc2ncccc12. The van der Waals surface area contributed by atoms with Crippen LogP contribution in [0.15, 0.2) is 18.3 Å². The summed E-state index contributed by atoms with van der Waals surface area (Å²) in [4.78, 5) is 17.6. The second kappa shape index (κ2) is 6.45. The van der Waals surface area contributed by atoms with Crippen molar-refractivity contribution in [1.82, 2.24) is 4.98 Å². The highest BCUT2D eigenvalue weighted by molar-refractivity contribution is 7.92. The standard InChI is InChI=1S/C15H18N2O4S2/c1-23(19,20)17-12-11-8-5-9-16-14(11)22-13(12)15(18)21-10-6-3-2-4-7-10/h5,8-10,17H,2-4,6-7H2,1H3. The zero-order valence-electron chi connectivity index (χ0n) is 12.7. The van der Waals surface area contributed by atoms with Crippen molar-refractivity contribution in [2.75, 3.05) is 11.0 Å². The van der Waals surface area contributed by atoms with E-state index in [9.17, 15) is 13.2 Å². The van der Waals surface area contributed by atoms with Crippen LogP contribution in [-0.2, 0) is 14.8 Å². The van der Waals surface area contributed by atoms with Crippen LogP contribution in [0.1, 0.15) is 41.8 Å². The van der Waals surface area contributed by atoms with Crippen molar-refractivity contribution in [3.05, 3.63) is 23.2 Å². The number of aromatic nitrogens is 1. The molecule has 1 aliphatic rings. The Labute approximate surface area is 138 Å². The number of thiophene rings is 1. The molecule has 1 saturated carbocycles. The molecule has 2 aromatic rings. The zero-order valence-corrected chi connectivity index (χ0v) is 14.4. The van der Waals surface area contributed by atoms with Gasteiger partial charge in [0.15, 0.2) is 0 Å². The Bertz CT molecular complexity index is 823. The molecule has 0 aliphatic heterocycles. The molecule has 0 spiro atoms. The van der Waals surface area contributed by atoms with E-state index in [1.54, 1.807) is 18.3 Å². The molecule has 0 bridgehead atoms. The quantitative estimate of drug-likeness (QED) is 0.853. The largest absolute Gasteiger partial charge is 0.458 e. The van der Waals surface area contributed by atoms with Gasteiger partial charge in [-0.15, -0.1) is 11.3 Å². The maximum absolute atomic E-state index is 12.5. The second-order valence-electron chi connectivity index (χ2n) is 5.70. The van der Waals surface area contributed by atoms with Crippen LogP contribution in [0.4, 0.5) is 5.69 Å². The first kappa shape index (κ1) is 16.2. The second-order valence-corrected chi connectivity index (χ2v) is 8.45. The molecule has 0 amide bonds. The lowest BCUT2D eigenvalue weighted by molar-refractivity contribution is 0.0218. The summed E-state index contributed by atoms with van der Waals surface area (Å²) < 4.78 is 31.3. The number of sulfonamides is 1. The number of carbonyl (C=O) groups excluding carboxylic acids is 1.